The van der Waals surface area contributed by atoms with Gasteiger partial charge in [-0.2, -0.15) is 0 Å². The van der Waals surface area contributed by atoms with Gasteiger partial charge in [0.25, 0.3) is 0 Å². The Morgan fingerprint density at radius 3 is 2.47 bits per heavy atom. The number of carboxylic acids is 1. The van der Waals surface area contributed by atoms with Gasteiger partial charge in [-0.25, -0.2) is 0 Å². The van der Waals surface area contributed by atoms with E-state index in [0.29, 0.717) is 26.1 Å². The van der Waals surface area contributed by atoms with Crippen molar-refractivity contribution >= 4 is 17.8 Å². The summed E-state index contributed by atoms with van der Waals surface area (Å²) in [5.74, 6) is -1.35. The van der Waals surface area contributed by atoms with Crippen molar-refractivity contribution in [1.29, 1.82) is 0 Å². The van der Waals surface area contributed by atoms with Crippen LogP contribution in [0.2, 0.25) is 0 Å². The molecule has 0 aliphatic carbocycles. The number of nitrogens with one attached hydrogen (secondary N) is 1. The molecule has 0 radical (unpaired) electrons. The summed E-state index contributed by atoms with van der Waals surface area (Å²) >= 11 is 0. The number of methoxy groups -OCH3 is 1. The molecule has 0 aromatic carbocycles. The molecule has 0 heterocycles. The molecule has 19 heavy (non-hydrogen) atoms. The fourth-order valence-corrected chi connectivity index (χ4v) is 1.43. The molecule has 1 amide bonds. The van der Waals surface area contributed by atoms with Crippen molar-refractivity contribution in [2.75, 3.05) is 33.3 Å². The molecule has 110 valence electrons. The summed E-state index contributed by atoms with van der Waals surface area (Å²) < 4.78 is 4.53. The molecule has 0 fully saturated rings. The Hall–Kier alpha value is -1.63. The molecular weight excluding hydrogens is 252 g/mol. The van der Waals surface area contributed by atoms with Crippen LogP contribution < -0.4 is 5.32 Å². The van der Waals surface area contributed by atoms with Gasteiger partial charge in [-0.1, -0.05) is 6.92 Å². The van der Waals surface area contributed by atoms with Crippen molar-refractivity contribution in [3.8, 4) is 0 Å². The topological polar surface area (TPSA) is 95.9 Å². The summed E-state index contributed by atoms with van der Waals surface area (Å²) in [5.41, 5.74) is 0. The smallest absolute Gasteiger partial charge is 0.306 e. The van der Waals surface area contributed by atoms with Crippen molar-refractivity contribution in [2.24, 2.45) is 0 Å². The van der Waals surface area contributed by atoms with Crippen molar-refractivity contribution in [2.45, 2.75) is 26.2 Å². The molecular formula is C12H22N2O5. The van der Waals surface area contributed by atoms with Gasteiger partial charge in [0.1, 0.15) is 0 Å². The summed E-state index contributed by atoms with van der Waals surface area (Å²) in [6.45, 7) is 3.56. The number of ether oxygens (including phenoxy) is 1. The third-order valence-electron chi connectivity index (χ3n) is 2.56. The molecule has 0 aliphatic rings. The minimum absolute atomic E-state index is 0.0418. The summed E-state index contributed by atoms with van der Waals surface area (Å²) in [6.07, 6.45) is 0.701. The minimum atomic E-state index is -0.873. The van der Waals surface area contributed by atoms with Crippen LogP contribution in [0, 0.1) is 0 Å². The van der Waals surface area contributed by atoms with Gasteiger partial charge in [0.05, 0.1) is 20.1 Å². The number of esters is 1. The van der Waals surface area contributed by atoms with Gasteiger partial charge in [0, 0.05) is 19.5 Å². The lowest BCUT2D eigenvalue weighted by molar-refractivity contribution is -0.141. The van der Waals surface area contributed by atoms with Crippen molar-refractivity contribution in [1.82, 2.24) is 10.2 Å². The Labute approximate surface area is 112 Å². The molecule has 0 spiro atoms. The van der Waals surface area contributed by atoms with E-state index in [2.05, 4.69) is 10.1 Å². The first-order chi connectivity index (χ1) is 8.99. The Bertz CT molecular complexity index is 306. The molecule has 7 heteroatoms. The molecule has 0 saturated carbocycles. The number of amides is 1. The summed E-state index contributed by atoms with van der Waals surface area (Å²) in [4.78, 5) is 34.6. The molecule has 0 unspecified atom stereocenters. The molecule has 0 rings (SSSR count). The molecule has 7 nitrogen and oxygen atoms in total. The summed E-state index contributed by atoms with van der Waals surface area (Å²) in [5, 5.41) is 11.1. The number of carbonyl (C=O) groups is 3. The van der Waals surface area contributed by atoms with Crippen LogP contribution in [-0.2, 0) is 19.1 Å². The predicted molar refractivity (Wildman–Crippen MR) is 68.6 cm³/mol. The van der Waals surface area contributed by atoms with E-state index < -0.39 is 5.97 Å². The lowest BCUT2D eigenvalue weighted by Crippen LogP contribution is -2.38. The van der Waals surface area contributed by atoms with E-state index in [-0.39, 0.29) is 31.3 Å². The number of aliphatic carboxylic acids is 1. The molecule has 0 saturated heterocycles. The molecule has 0 aromatic rings. The number of rotatable bonds is 10. The van der Waals surface area contributed by atoms with E-state index in [1.54, 1.807) is 0 Å². The van der Waals surface area contributed by atoms with Crippen LogP contribution in [0.1, 0.15) is 26.2 Å². The van der Waals surface area contributed by atoms with E-state index in [1.807, 2.05) is 11.8 Å². The van der Waals surface area contributed by atoms with Crippen molar-refractivity contribution in [3.05, 3.63) is 0 Å². The van der Waals surface area contributed by atoms with Crippen LogP contribution in [0.15, 0.2) is 0 Å². The maximum atomic E-state index is 11.6. The summed E-state index contributed by atoms with van der Waals surface area (Å²) in [7, 11) is 1.33. The first kappa shape index (κ1) is 17.4. The van der Waals surface area contributed by atoms with Crippen LogP contribution >= 0.6 is 0 Å². The second-order valence-corrected chi connectivity index (χ2v) is 4.04. The standard InChI is InChI=1S/C12H22N2O5/c1-3-14(8-6-12(18)19-2)9-10(15)13-7-4-5-11(16)17/h3-9H2,1-2H3,(H,13,15)(H,16,17). The maximum Gasteiger partial charge on any atom is 0.306 e. The molecule has 0 bridgehead atoms. The lowest BCUT2D eigenvalue weighted by Gasteiger charge is -2.19. The number of nitrogens with zero attached hydrogens (tertiary/aromatic N) is 1. The van der Waals surface area contributed by atoms with Gasteiger partial charge in [-0.15, -0.1) is 0 Å². The highest BCUT2D eigenvalue weighted by Gasteiger charge is 2.10. The largest absolute Gasteiger partial charge is 0.481 e. The Morgan fingerprint density at radius 2 is 1.95 bits per heavy atom. The third-order valence-corrected chi connectivity index (χ3v) is 2.56. The normalized spacial score (nSPS) is 10.3. The predicted octanol–water partition coefficient (Wildman–Crippen LogP) is -0.148. The first-order valence-corrected chi connectivity index (χ1v) is 6.27. The second kappa shape index (κ2) is 10.3. The number of carbonyl (C=O) groups excluding carboxylic acids is 2. The number of likely N-dealkylation sites (N-methyl/N-ethyl adjacent to an activating group) is 1. The zero-order valence-corrected chi connectivity index (χ0v) is 11.5. The number of hydrogen-bond acceptors (Lipinski definition) is 5. The van der Waals surface area contributed by atoms with E-state index in [4.69, 9.17) is 5.11 Å². The van der Waals surface area contributed by atoms with Crippen LogP contribution in [0.5, 0.6) is 0 Å². The van der Waals surface area contributed by atoms with Gasteiger partial charge in [0.2, 0.25) is 5.91 Å². The average Bonchev–Trinajstić information content (AvgIpc) is 2.38. The monoisotopic (exact) mass is 274 g/mol. The SMILES string of the molecule is CCN(CCC(=O)OC)CC(=O)NCCCC(=O)O. The average molecular weight is 274 g/mol. The first-order valence-electron chi connectivity index (χ1n) is 6.27. The van der Waals surface area contributed by atoms with E-state index in [9.17, 15) is 14.4 Å². The quantitative estimate of drug-likeness (QED) is 0.425. The van der Waals surface area contributed by atoms with Crippen molar-refractivity contribution in [3.63, 3.8) is 0 Å². The Morgan fingerprint density at radius 1 is 1.26 bits per heavy atom. The molecule has 0 aromatic heterocycles. The van der Waals surface area contributed by atoms with Crippen LogP contribution in [0.4, 0.5) is 0 Å². The third kappa shape index (κ3) is 10.0. The fourth-order valence-electron chi connectivity index (χ4n) is 1.43. The van der Waals surface area contributed by atoms with Crippen LogP contribution in [0.3, 0.4) is 0 Å². The van der Waals surface area contributed by atoms with Gasteiger partial charge in [-0.3, -0.25) is 19.3 Å². The van der Waals surface area contributed by atoms with Gasteiger partial charge < -0.3 is 15.2 Å². The van der Waals surface area contributed by atoms with Crippen LogP contribution in [0.25, 0.3) is 0 Å². The van der Waals surface area contributed by atoms with E-state index in [1.165, 1.54) is 7.11 Å². The minimum Gasteiger partial charge on any atom is -0.481 e. The molecule has 0 atom stereocenters. The number of hydrogen-bond donors (Lipinski definition) is 2. The fraction of sp³-hybridized carbons (Fsp3) is 0.750. The van der Waals surface area contributed by atoms with Gasteiger partial charge in [-0.05, 0) is 13.0 Å². The molecule has 0 aliphatic heterocycles. The Balaban J connectivity index is 3.80. The highest BCUT2D eigenvalue weighted by Crippen LogP contribution is 1.93. The maximum absolute atomic E-state index is 11.6. The second-order valence-electron chi connectivity index (χ2n) is 4.04. The summed E-state index contributed by atoms with van der Waals surface area (Å²) in [6, 6.07) is 0. The van der Waals surface area contributed by atoms with Crippen molar-refractivity contribution < 1.29 is 24.2 Å². The zero-order valence-electron chi connectivity index (χ0n) is 11.5. The highest BCUT2D eigenvalue weighted by atomic mass is 16.5. The Kier molecular flexibility index (Phi) is 9.42. The van der Waals surface area contributed by atoms with Gasteiger partial charge in [0.15, 0.2) is 0 Å². The zero-order chi connectivity index (χ0) is 14.7. The number of carboxylic acid groups (broad SMARTS) is 1. The van der Waals surface area contributed by atoms with E-state index in [0.717, 1.165) is 0 Å². The lowest BCUT2D eigenvalue weighted by atomic mass is 10.3. The highest BCUT2D eigenvalue weighted by molar-refractivity contribution is 5.78. The van der Waals surface area contributed by atoms with E-state index >= 15 is 0 Å². The van der Waals surface area contributed by atoms with Crippen LogP contribution in [-0.4, -0.2) is 61.1 Å². The molecule has 2 N–H and O–H groups in total. The van der Waals surface area contributed by atoms with Gasteiger partial charge >= 0.3 is 11.9 Å².